The molecule has 0 unspecified atom stereocenters. The third-order valence-electron chi connectivity index (χ3n) is 5.26. The topological polar surface area (TPSA) is 61.3 Å². The van der Waals surface area contributed by atoms with E-state index >= 15 is 0 Å². The molecule has 0 N–H and O–H groups in total. The number of nitrogens with zero attached hydrogens (tertiary/aromatic N) is 7. The summed E-state index contributed by atoms with van der Waals surface area (Å²) in [6.07, 6.45) is 10.4. The van der Waals surface area contributed by atoms with Crippen molar-refractivity contribution in [3.8, 4) is 0 Å². The molecule has 0 bridgehead atoms. The van der Waals surface area contributed by atoms with Gasteiger partial charge in [-0.2, -0.15) is 0 Å². The van der Waals surface area contributed by atoms with Crippen LogP contribution in [0.15, 0.2) is 24.7 Å². The summed E-state index contributed by atoms with van der Waals surface area (Å²) >= 11 is 0. The summed E-state index contributed by atoms with van der Waals surface area (Å²) in [5, 5.41) is 0. The fraction of sp³-hybridized carbons (Fsp3) is 0.579. The molecule has 4 heterocycles. The van der Waals surface area contributed by atoms with E-state index in [2.05, 4.69) is 19.8 Å². The molecule has 7 heteroatoms. The minimum atomic E-state index is 0.313. The van der Waals surface area contributed by atoms with Crippen LogP contribution in [0.25, 0.3) is 0 Å². The fourth-order valence-corrected chi connectivity index (χ4v) is 3.85. The molecule has 0 saturated carbocycles. The second-order valence-corrected chi connectivity index (χ2v) is 7.37. The van der Waals surface area contributed by atoms with Crippen molar-refractivity contribution >= 4 is 11.8 Å². The Kier molecular flexibility index (Phi) is 4.97. The van der Waals surface area contributed by atoms with Crippen molar-refractivity contribution in [1.29, 1.82) is 0 Å². The van der Waals surface area contributed by atoms with Crippen LogP contribution < -0.4 is 9.80 Å². The third-order valence-corrected chi connectivity index (χ3v) is 5.26. The molecule has 2 aromatic heterocycles. The number of anilines is 2. The first-order valence-electron chi connectivity index (χ1n) is 9.51. The zero-order valence-electron chi connectivity index (χ0n) is 15.7. The van der Waals surface area contributed by atoms with Gasteiger partial charge in [0.25, 0.3) is 0 Å². The number of aromatic nitrogens is 4. The standard InChI is InChI=1S/C19H27N7/c1-24(2)18-13-20-12-16(23-18)17-6-5-11-26(17)14-15-7-8-21-19(22-15)25-9-3-4-10-25/h7-8,12-13,17H,3-6,9-11,14H2,1-2H3/t17-/m0/s1. The zero-order valence-corrected chi connectivity index (χ0v) is 15.7. The first kappa shape index (κ1) is 17.1. The van der Waals surface area contributed by atoms with Gasteiger partial charge in [0.05, 0.1) is 29.8 Å². The molecule has 0 radical (unpaired) electrons. The predicted octanol–water partition coefficient (Wildman–Crippen LogP) is 2.27. The Morgan fingerprint density at radius 2 is 1.92 bits per heavy atom. The van der Waals surface area contributed by atoms with Crippen molar-refractivity contribution in [2.45, 2.75) is 38.3 Å². The normalized spacial score (nSPS) is 20.7. The van der Waals surface area contributed by atoms with Crippen molar-refractivity contribution in [2.24, 2.45) is 0 Å². The first-order chi connectivity index (χ1) is 12.7. The van der Waals surface area contributed by atoms with E-state index in [0.717, 1.165) is 55.8 Å². The van der Waals surface area contributed by atoms with Crippen molar-refractivity contribution in [3.63, 3.8) is 0 Å². The molecule has 0 spiro atoms. The van der Waals surface area contributed by atoms with E-state index in [4.69, 9.17) is 9.97 Å². The number of likely N-dealkylation sites (tertiary alicyclic amines) is 1. The van der Waals surface area contributed by atoms with Gasteiger partial charge in [-0.15, -0.1) is 0 Å². The molecule has 4 rings (SSSR count). The molecule has 2 aromatic rings. The SMILES string of the molecule is CN(C)c1cncc([C@@H]2CCCN2Cc2ccnc(N3CCCC3)n2)n1. The number of rotatable bonds is 5. The third kappa shape index (κ3) is 3.62. The van der Waals surface area contributed by atoms with Gasteiger partial charge in [0.2, 0.25) is 5.95 Å². The Morgan fingerprint density at radius 1 is 1.08 bits per heavy atom. The summed E-state index contributed by atoms with van der Waals surface area (Å²) in [4.78, 5) is 25.3. The lowest BCUT2D eigenvalue weighted by Gasteiger charge is -2.24. The second-order valence-electron chi connectivity index (χ2n) is 7.37. The van der Waals surface area contributed by atoms with E-state index in [1.54, 1.807) is 0 Å². The van der Waals surface area contributed by atoms with Gasteiger partial charge < -0.3 is 9.80 Å². The molecule has 0 aromatic carbocycles. The summed E-state index contributed by atoms with van der Waals surface area (Å²) in [5.41, 5.74) is 2.15. The first-order valence-corrected chi connectivity index (χ1v) is 9.51. The lowest BCUT2D eigenvalue weighted by Crippen LogP contribution is -2.26. The van der Waals surface area contributed by atoms with E-state index in [1.807, 2.05) is 43.7 Å². The lowest BCUT2D eigenvalue weighted by molar-refractivity contribution is 0.241. The quantitative estimate of drug-likeness (QED) is 0.817. The van der Waals surface area contributed by atoms with Crippen molar-refractivity contribution in [3.05, 3.63) is 36.0 Å². The molecule has 2 aliphatic rings. The van der Waals surface area contributed by atoms with Gasteiger partial charge in [-0.1, -0.05) is 0 Å². The van der Waals surface area contributed by atoms with Crippen LogP contribution in [0.2, 0.25) is 0 Å². The molecule has 1 atom stereocenters. The largest absolute Gasteiger partial charge is 0.361 e. The van der Waals surface area contributed by atoms with Gasteiger partial charge in [-0.3, -0.25) is 9.88 Å². The molecule has 0 aliphatic carbocycles. The molecule has 2 fully saturated rings. The zero-order chi connectivity index (χ0) is 17.9. The minimum absolute atomic E-state index is 0.313. The smallest absolute Gasteiger partial charge is 0.225 e. The van der Waals surface area contributed by atoms with Gasteiger partial charge in [-0.25, -0.2) is 15.0 Å². The van der Waals surface area contributed by atoms with Gasteiger partial charge >= 0.3 is 0 Å². The Labute approximate surface area is 155 Å². The average Bonchev–Trinajstić information content (AvgIpc) is 3.34. The van der Waals surface area contributed by atoms with E-state index in [1.165, 1.54) is 19.3 Å². The highest BCUT2D eigenvalue weighted by Crippen LogP contribution is 2.32. The monoisotopic (exact) mass is 353 g/mol. The Morgan fingerprint density at radius 3 is 2.73 bits per heavy atom. The number of hydrogen-bond acceptors (Lipinski definition) is 7. The van der Waals surface area contributed by atoms with Crippen LogP contribution >= 0.6 is 0 Å². The molecule has 2 saturated heterocycles. The van der Waals surface area contributed by atoms with Gasteiger partial charge in [0, 0.05) is 39.9 Å². The predicted molar refractivity (Wildman–Crippen MR) is 102 cm³/mol. The lowest BCUT2D eigenvalue weighted by atomic mass is 10.1. The van der Waals surface area contributed by atoms with Crippen LogP contribution in [0.3, 0.4) is 0 Å². The van der Waals surface area contributed by atoms with Crippen molar-refractivity contribution in [1.82, 2.24) is 24.8 Å². The van der Waals surface area contributed by atoms with E-state index < -0.39 is 0 Å². The summed E-state index contributed by atoms with van der Waals surface area (Å²) in [6.45, 7) is 4.05. The van der Waals surface area contributed by atoms with Gasteiger partial charge in [0.15, 0.2) is 0 Å². The van der Waals surface area contributed by atoms with Crippen LogP contribution in [0.4, 0.5) is 11.8 Å². The van der Waals surface area contributed by atoms with Crippen LogP contribution in [0, 0.1) is 0 Å². The highest BCUT2D eigenvalue weighted by atomic mass is 15.3. The van der Waals surface area contributed by atoms with E-state index in [-0.39, 0.29) is 0 Å². The Hall–Kier alpha value is -2.28. The summed E-state index contributed by atoms with van der Waals surface area (Å²) in [5.74, 6) is 1.79. The summed E-state index contributed by atoms with van der Waals surface area (Å²) in [6, 6.07) is 2.35. The van der Waals surface area contributed by atoms with Gasteiger partial charge in [0.1, 0.15) is 5.82 Å². The molecular weight excluding hydrogens is 326 g/mol. The average molecular weight is 353 g/mol. The van der Waals surface area contributed by atoms with E-state index in [0.29, 0.717) is 6.04 Å². The fourth-order valence-electron chi connectivity index (χ4n) is 3.85. The maximum atomic E-state index is 4.82. The molecule has 138 valence electrons. The highest BCUT2D eigenvalue weighted by Gasteiger charge is 2.28. The molecular formula is C19H27N7. The van der Waals surface area contributed by atoms with E-state index in [9.17, 15) is 0 Å². The Bertz CT molecular complexity index is 742. The molecule has 0 amide bonds. The Balaban J connectivity index is 1.50. The maximum absolute atomic E-state index is 4.82. The van der Waals surface area contributed by atoms with Crippen LogP contribution in [-0.2, 0) is 6.54 Å². The second kappa shape index (κ2) is 7.53. The number of hydrogen-bond donors (Lipinski definition) is 0. The summed E-state index contributed by atoms with van der Waals surface area (Å²) < 4.78 is 0. The molecule has 2 aliphatic heterocycles. The molecule has 7 nitrogen and oxygen atoms in total. The van der Waals surface area contributed by atoms with Gasteiger partial charge in [-0.05, 0) is 38.3 Å². The van der Waals surface area contributed by atoms with Crippen LogP contribution in [-0.4, -0.2) is 58.6 Å². The highest BCUT2D eigenvalue weighted by molar-refractivity contribution is 5.34. The van der Waals surface area contributed by atoms with Crippen LogP contribution in [0.1, 0.15) is 43.1 Å². The minimum Gasteiger partial charge on any atom is -0.361 e. The summed E-state index contributed by atoms with van der Waals surface area (Å²) in [7, 11) is 4.00. The molecule has 26 heavy (non-hydrogen) atoms. The van der Waals surface area contributed by atoms with Crippen LogP contribution in [0.5, 0.6) is 0 Å². The van der Waals surface area contributed by atoms with Crippen molar-refractivity contribution in [2.75, 3.05) is 43.5 Å². The maximum Gasteiger partial charge on any atom is 0.225 e. The van der Waals surface area contributed by atoms with Crippen molar-refractivity contribution < 1.29 is 0 Å².